The van der Waals surface area contributed by atoms with Gasteiger partial charge in [0.2, 0.25) is 11.8 Å². The maximum atomic E-state index is 12.9. The Bertz CT molecular complexity index is 584. The number of rotatable bonds is 6. The lowest BCUT2D eigenvalue weighted by atomic mass is 9.85. The molecule has 0 aromatic heterocycles. The number of amides is 2. The number of carboxylic acids is 1. The number of likely N-dealkylation sites (N-methyl/N-ethyl adjacent to an activating group) is 2. The van der Waals surface area contributed by atoms with Crippen LogP contribution < -0.4 is 10.6 Å². The molecule has 1 rings (SSSR count). The first-order valence-corrected chi connectivity index (χ1v) is 10.2. The fourth-order valence-electron chi connectivity index (χ4n) is 2.66. The molecular formula is C21H40N4O4. The monoisotopic (exact) mass is 412 g/mol. The van der Waals surface area contributed by atoms with E-state index in [1.165, 1.54) is 24.3 Å². The van der Waals surface area contributed by atoms with E-state index >= 15 is 0 Å². The van der Waals surface area contributed by atoms with Crippen molar-refractivity contribution in [1.82, 2.24) is 20.4 Å². The zero-order valence-corrected chi connectivity index (χ0v) is 19.3. The second kappa shape index (κ2) is 12.6. The predicted molar refractivity (Wildman–Crippen MR) is 116 cm³/mol. The van der Waals surface area contributed by atoms with Crippen LogP contribution in [0.25, 0.3) is 0 Å². The number of nitrogens with zero attached hydrogens (tertiary/aromatic N) is 2. The van der Waals surface area contributed by atoms with Crippen molar-refractivity contribution in [1.29, 1.82) is 0 Å². The molecule has 1 aliphatic heterocycles. The molecule has 1 saturated heterocycles. The molecule has 8 heteroatoms. The molecule has 0 aromatic rings. The van der Waals surface area contributed by atoms with Crippen molar-refractivity contribution in [3.8, 4) is 0 Å². The third kappa shape index (κ3) is 9.41. The Morgan fingerprint density at radius 1 is 1.31 bits per heavy atom. The molecule has 1 aliphatic rings. The van der Waals surface area contributed by atoms with Crippen molar-refractivity contribution >= 4 is 17.8 Å². The average Bonchev–Trinajstić information content (AvgIpc) is 2.63. The van der Waals surface area contributed by atoms with Crippen LogP contribution in [0.15, 0.2) is 11.6 Å². The molecule has 0 spiro atoms. The van der Waals surface area contributed by atoms with Gasteiger partial charge in [-0.1, -0.05) is 47.1 Å². The predicted octanol–water partition coefficient (Wildman–Crippen LogP) is 1.33. The second-order valence-electron chi connectivity index (χ2n) is 8.63. The number of aliphatic carboxylic acids is 1. The number of hydrogen-bond donors (Lipinski definition) is 3. The first kappa shape index (κ1) is 27.1. The smallest absolute Gasteiger partial charge is 0.331 e. The van der Waals surface area contributed by atoms with Crippen LogP contribution in [0.4, 0.5) is 0 Å². The van der Waals surface area contributed by atoms with E-state index in [9.17, 15) is 14.4 Å². The summed E-state index contributed by atoms with van der Waals surface area (Å²) in [6, 6.07) is -1.02. The minimum Gasteiger partial charge on any atom is -0.478 e. The van der Waals surface area contributed by atoms with Gasteiger partial charge in [-0.25, -0.2) is 4.79 Å². The summed E-state index contributed by atoms with van der Waals surface area (Å²) in [5.41, 5.74) is -0.302. The molecule has 2 amide bonds. The van der Waals surface area contributed by atoms with Gasteiger partial charge in [0, 0.05) is 38.8 Å². The molecule has 8 nitrogen and oxygen atoms in total. The van der Waals surface area contributed by atoms with Crippen LogP contribution in [0.1, 0.15) is 48.0 Å². The molecule has 1 fully saturated rings. The topological polar surface area (TPSA) is 102 Å². The van der Waals surface area contributed by atoms with Gasteiger partial charge in [0.25, 0.3) is 0 Å². The minimum absolute atomic E-state index is 0.171. The van der Waals surface area contributed by atoms with E-state index in [1.807, 2.05) is 32.7 Å². The van der Waals surface area contributed by atoms with E-state index < -0.39 is 17.4 Å². The highest BCUT2D eigenvalue weighted by atomic mass is 16.4. The summed E-state index contributed by atoms with van der Waals surface area (Å²) in [7, 11) is 3.50. The first-order valence-electron chi connectivity index (χ1n) is 10.2. The molecule has 0 bridgehead atoms. The summed E-state index contributed by atoms with van der Waals surface area (Å²) in [5.74, 6) is -1.44. The maximum Gasteiger partial charge on any atom is 0.331 e. The highest BCUT2D eigenvalue weighted by molar-refractivity contribution is 5.90. The van der Waals surface area contributed by atoms with Crippen LogP contribution >= 0.6 is 0 Å². The molecule has 0 aliphatic carbocycles. The number of hydrogen-bond acceptors (Lipinski definition) is 5. The molecular weight excluding hydrogens is 372 g/mol. The Balaban J connectivity index is 0.00000245. The largest absolute Gasteiger partial charge is 0.478 e. The fourth-order valence-corrected chi connectivity index (χ4v) is 2.66. The lowest BCUT2D eigenvalue weighted by Gasteiger charge is -2.37. The van der Waals surface area contributed by atoms with Crippen LogP contribution in [0, 0.1) is 5.41 Å². The fraction of sp³-hybridized carbons (Fsp3) is 0.762. The lowest BCUT2D eigenvalue weighted by Crippen LogP contribution is -2.61. The van der Waals surface area contributed by atoms with E-state index in [0.717, 1.165) is 13.1 Å². The molecule has 29 heavy (non-hydrogen) atoms. The van der Waals surface area contributed by atoms with E-state index in [4.69, 9.17) is 5.11 Å². The molecule has 2 unspecified atom stereocenters. The molecule has 2 atom stereocenters. The summed E-state index contributed by atoms with van der Waals surface area (Å²) in [4.78, 5) is 39.9. The summed E-state index contributed by atoms with van der Waals surface area (Å²) in [6.45, 7) is 13.7. The van der Waals surface area contributed by atoms with Crippen LogP contribution in [0.3, 0.4) is 0 Å². The number of carbonyl (C=O) groups excluding carboxylic acids is 2. The first-order chi connectivity index (χ1) is 13.4. The van der Waals surface area contributed by atoms with Crippen molar-refractivity contribution in [2.24, 2.45) is 5.41 Å². The van der Waals surface area contributed by atoms with Crippen molar-refractivity contribution in [2.75, 3.05) is 40.3 Å². The van der Waals surface area contributed by atoms with Crippen molar-refractivity contribution in [3.63, 3.8) is 0 Å². The number of carboxylic acid groups (broad SMARTS) is 1. The van der Waals surface area contributed by atoms with Gasteiger partial charge in [0.15, 0.2) is 0 Å². The van der Waals surface area contributed by atoms with Crippen LogP contribution in [-0.4, -0.2) is 85.0 Å². The number of nitrogens with one attached hydrogen (secondary N) is 2. The van der Waals surface area contributed by atoms with Crippen molar-refractivity contribution in [2.45, 2.75) is 60.0 Å². The van der Waals surface area contributed by atoms with E-state index in [0.29, 0.717) is 6.54 Å². The Labute approximate surface area is 175 Å². The van der Waals surface area contributed by atoms with E-state index in [1.54, 1.807) is 7.05 Å². The molecule has 0 saturated carbocycles. The van der Waals surface area contributed by atoms with Gasteiger partial charge in [-0.2, -0.15) is 0 Å². The average molecular weight is 413 g/mol. The van der Waals surface area contributed by atoms with E-state index in [2.05, 4.69) is 24.5 Å². The van der Waals surface area contributed by atoms with Gasteiger partial charge >= 0.3 is 5.97 Å². The Kier molecular flexibility index (Phi) is 11.8. The minimum atomic E-state index is -1.01. The highest BCUT2D eigenvalue weighted by Gasteiger charge is 2.37. The molecule has 1 heterocycles. The Morgan fingerprint density at radius 2 is 1.86 bits per heavy atom. The van der Waals surface area contributed by atoms with Crippen molar-refractivity contribution in [3.05, 3.63) is 11.6 Å². The normalized spacial score (nSPS) is 18.9. The summed E-state index contributed by atoms with van der Waals surface area (Å²) in [6.07, 6.45) is 2.74. The number of piperazine rings is 1. The van der Waals surface area contributed by atoms with Gasteiger partial charge in [0.05, 0.1) is 0 Å². The molecule has 0 aromatic carbocycles. The Hall–Kier alpha value is -1.93. The summed E-state index contributed by atoms with van der Waals surface area (Å²) in [5, 5.41) is 15.0. The van der Waals surface area contributed by atoms with Crippen LogP contribution in [0.5, 0.6) is 0 Å². The van der Waals surface area contributed by atoms with Gasteiger partial charge in [-0.05, 0) is 19.4 Å². The second-order valence-corrected chi connectivity index (χ2v) is 8.63. The zero-order chi connectivity index (χ0) is 22.8. The molecule has 0 radical (unpaired) electrons. The van der Waals surface area contributed by atoms with Crippen molar-refractivity contribution < 1.29 is 19.5 Å². The highest BCUT2D eigenvalue weighted by Crippen LogP contribution is 2.21. The Morgan fingerprint density at radius 3 is 2.31 bits per heavy atom. The zero-order valence-electron chi connectivity index (χ0n) is 19.3. The quantitative estimate of drug-likeness (QED) is 0.569. The standard InChI is InChI=1S/C18H32N4O4.C3H8/c1-12(17(25)26)7-9-22(6)16(24)14(18(2,3)4)20-15(23)13-11-19-8-10-21(13)5;1-3-2/h7,13-14,19H,8-11H2,1-6H3,(H,20,23)(H,25,26);3H2,1-2H3/b12-7+;. The van der Waals surface area contributed by atoms with Gasteiger partial charge in [0.1, 0.15) is 12.1 Å². The van der Waals surface area contributed by atoms with E-state index in [-0.39, 0.29) is 30.0 Å². The lowest BCUT2D eigenvalue weighted by molar-refractivity contribution is -0.139. The van der Waals surface area contributed by atoms with Gasteiger partial charge < -0.3 is 20.6 Å². The third-order valence-corrected chi connectivity index (χ3v) is 4.60. The van der Waals surface area contributed by atoms with Crippen LogP contribution in [-0.2, 0) is 14.4 Å². The molecule has 168 valence electrons. The van der Waals surface area contributed by atoms with Gasteiger partial charge in [-0.3, -0.25) is 14.5 Å². The van der Waals surface area contributed by atoms with Gasteiger partial charge in [-0.15, -0.1) is 0 Å². The SMILES string of the molecule is C/C(=C\CN(C)C(=O)C(NC(=O)C1CNCCN1C)C(C)(C)C)C(=O)O.CCC. The van der Waals surface area contributed by atoms with Crippen LogP contribution in [0.2, 0.25) is 0 Å². The summed E-state index contributed by atoms with van der Waals surface area (Å²) < 4.78 is 0. The maximum absolute atomic E-state index is 12.9. The molecule has 3 N–H and O–H groups in total. The summed E-state index contributed by atoms with van der Waals surface area (Å²) >= 11 is 0. The third-order valence-electron chi connectivity index (χ3n) is 4.60. The number of carbonyl (C=O) groups is 3.